The molecular formula is C15H17F7O2. The molecule has 1 unspecified atom stereocenters. The van der Waals surface area contributed by atoms with Gasteiger partial charge in [-0.15, -0.1) is 0 Å². The molecule has 138 valence electrons. The third kappa shape index (κ3) is 4.75. The van der Waals surface area contributed by atoms with Gasteiger partial charge in [0.2, 0.25) is 0 Å². The topological polar surface area (TPSA) is 29.5 Å². The fraction of sp³-hybridized carbons (Fsp3) is 0.600. The number of hydrogen-bond donors (Lipinski definition) is 1. The Morgan fingerprint density at radius 1 is 0.917 bits per heavy atom. The second-order valence-electron chi connectivity index (χ2n) is 6.28. The highest BCUT2D eigenvalue weighted by Gasteiger charge is 2.72. The van der Waals surface area contributed by atoms with Crippen molar-refractivity contribution in [2.24, 2.45) is 0 Å². The van der Waals surface area contributed by atoms with E-state index in [9.17, 15) is 35.8 Å². The van der Waals surface area contributed by atoms with Gasteiger partial charge in [0.25, 0.3) is 0 Å². The molecule has 0 aliphatic heterocycles. The van der Waals surface area contributed by atoms with Crippen LogP contribution in [0.15, 0.2) is 24.3 Å². The molecular weight excluding hydrogens is 345 g/mol. The van der Waals surface area contributed by atoms with Crippen molar-refractivity contribution in [3.8, 4) is 5.75 Å². The molecule has 24 heavy (non-hydrogen) atoms. The van der Waals surface area contributed by atoms with Crippen molar-refractivity contribution in [3.63, 3.8) is 0 Å². The third-order valence-corrected chi connectivity index (χ3v) is 2.95. The molecule has 1 N–H and O–H groups in total. The van der Waals surface area contributed by atoms with E-state index in [1.807, 2.05) is 0 Å². The van der Waals surface area contributed by atoms with Crippen LogP contribution in [0.2, 0.25) is 0 Å². The average molecular weight is 362 g/mol. The van der Waals surface area contributed by atoms with Crippen LogP contribution in [0.5, 0.6) is 5.75 Å². The molecule has 1 aromatic carbocycles. The fourth-order valence-corrected chi connectivity index (χ4v) is 1.81. The van der Waals surface area contributed by atoms with Gasteiger partial charge in [-0.25, -0.2) is 0 Å². The van der Waals surface area contributed by atoms with Crippen LogP contribution in [0.4, 0.5) is 30.7 Å². The van der Waals surface area contributed by atoms with Crippen molar-refractivity contribution >= 4 is 0 Å². The standard InChI is InChI=1S/C15H17F7O2/c1-12(2,3)24-10-6-4-9(5-7-10)11(23)8-13(16,17)14(18,19)15(20,21)22/h4-7,11,23H,8H2,1-3H3. The molecule has 1 rings (SSSR count). The van der Waals surface area contributed by atoms with E-state index in [-0.39, 0.29) is 5.56 Å². The Morgan fingerprint density at radius 3 is 1.75 bits per heavy atom. The molecule has 2 nitrogen and oxygen atoms in total. The highest BCUT2D eigenvalue weighted by atomic mass is 19.4. The predicted octanol–water partition coefficient (Wildman–Crippen LogP) is 5.12. The molecule has 0 aromatic heterocycles. The Kier molecular flexibility index (Phi) is 5.49. The molecule has 0 fully saturated rings. The zero-order valence-electron chi connectivity index (χ0n) is 13.1. The summed E-state index contributed by atoms with van der Waals surface area (Å²) in [7, 11) is 0. The maximum Gasteiger partial charge on any atom is 0.459 e. The zero-order valence-corrected chi connectivity index (χ0v) is 13.1. The summed E-state index contributed by atoms with van der Waals surface area (Å²) in [6, 6.07) is 4.83. The van der Waals surface area contributed by atoms with E-state index in [2.05, 4.69) is 0 Å². The highest BCUT2D eigenvalue weighted by Crippen LogP contribution is 2.49. The monoisotopic (exact) mass is 362 g/mol. The molecule has 0 aliphatic rings. The van der Waals surface area contributed by atoms with E-state index < -0.39 is 36.1 Å². The first-order chi connectivity index (χ1) is 10.6. The van der Waals surface area contributed by atoms with Crippen molar-refractivity contribution in [3.05, 3.63) is 29.8 Å². The highest BCUT2D eigenvalue weighted by molar-refractivity contribution is 5.29. The van der Waals surface area contributed by atoms with E-state index in [1.165, 1.54) is 12.1 Å². The lowest BCUT2D eigenvalue weighted by Gasteiger charge is -2.29. The summed E-state index contributed by atoms with van der Waals surface area (Å²) < 4.78 is 93.8. The number of benzene rings is 1. The second kappa shape index (κ2) is 6.42. The molecule has 0 saturated carbocycles. The van der Waals surface area contributed by atoms with Crippen LogP contribution in [0, 0.1) is 0 Å². The summed E-state index contributed by atoms with van der Waals surface area (Å²) in [5.74, 6) is -11.4. The molecule has 1 atom stereocenters. The number of alkyl halides is 7. The van der Waals surface area contributed by atoms with Gasteiger partial charge in [0.1, 0.15) is 11.4 Å². The van der Waals surface area contributed by atoms with E-state index in [4.69, 9.17) is 4.74 Å². The minimum absolute atomic E-state index is 0.228. The normalized spacial score (nSPS) is 15.3. The van der Waals surface area contributed by atoms with E-state index >= 15 is 0 Å². The summed E-state index contributed by atoms with van der Waals surface area (Å²) in [5.41, 5.74) is -0.782. The van der Waals surface area contributed by atoms with Gasteiger partial charge < -0.3 is 9.84 Å². The summed E-state index contributed by atoms with van der Waals surface area (Å²) in [6.45, 7) is 5.24. The smallest absolute Gasteiger partial charge is 0.459 e. The lowest BCUT2D eigenvalue weighted by Crippen LogP contribution is -2.52. The van der Waals surface area contributed by atoms with E-state index in [0.29, 0.717) is 5.75 Å². The maximum absolute atomic E-state index is 13.3. The molecule has 0 bridgehead atoms. The van der Waals surface area contributed by atoms with Gasteiger partial charge in [0.15, 0.2) is 0 Å². The van der Waals surface area contributed by atoms with Crippen LogP contribution >= 0.6 is 0 Å². The third-order valence-electron chi connectivity index (χ3n) is 2.95. The Hall–Kier alpha value is -1.51. The second-order valence-corrected chi connectivity index (χ2v) is 6.28. The van der Waals surface area contributed by atoms with E-state index in [0.717, 1.165) is 12.1 Å². The van der Waals surface area contributed by atoms with Crippen molar-refractivity contribution in [1.29, 1.82) is 0 Å². The summed E-state index contributed by atoms with van der Waals surface area (Å²) in [5, 5.41) is 9.59. The average Bonchev–Trinajstić information content (AvgIpc) is 2.35. The first kappa shape index (κ1) is 20.5. The Labute approximate surface area is 134 Å². The quantitative estimate of drug-likeness (QED) is 0.737. The van der Waals surface area contributed by atoms with Crippen LogP contribution in [0.3, 0.4) is 0 Å². The van der Waals surface area contributed by atoms with Gasteiger partial charge in [-0.3, -0.25) is 0 Å². The lowest BCUT2D eigenvalue weighted by molar-refractivity contribution is -0.358. The summed E-state index contributed by atoms with van der Waals surface area (Å²) in [6.07, 6.45) is -10.7. The number of hydrogen-bond acceptors (Lipinski definition) is 2. The van der Waals surface area contributed by atoms with Gasteiger partial charge in [0, 0.05) is 6.42 Å². The molecule has 0 spiro atoms. The number of aliphatic hydroxyl groups excluding tert-OH is 1. The number of ether oxygens (including phenoxy) is 1. The largest absolute Gasteiger partial charge is 0.488 e. The van der Waals surface area contributed by atoms with Crippen molar-refractivity contribution < 1.29 is 40.6 Å². The van der Waals surface area contributed by atoms with E-state index in [1.54, 1.807) is 20.8 Å². The molecule has 0 saturated heterocycles. The zero-order chi connectivity index (χ0) is 19.0. The van der Waals surface area contributed by atoms with Crippen LogP contribution in [-0.4, -0.2) is 28.7 Å². The predicted molar refractivity (Wildman–Crippen MR) is 72.3 cm³/mol. The minimum Gasteiger partial charge on any atom is -0.488 e. The van der Waals surface area contributed by atoms with Gasteiger partial charge in [-0.05, 0) is 38.5 Å². The molecule has 9 heteroatoms. The van der Waals surface area contributed by atoms with Gasteiger partial charge in [-0.2, -0.15) is 30.7 Å². The number of aliphatic hydroxyl groups is 1. The molecule has 1 aromatic rings. The summed E-state index contributed by atoms with van der Waals surface area (Å²) >= 11 is 0. The van der Waals surface area contributed by atoms with Crippen LogP contribution in [0.1, 0.15) is 38.9 Å². The number of halogens is 7. The Balaban J connectivity index is 2.89. The first-order valence-corrected chi connectivity index (χ1v) is 6.86. The molecule has 0 amide bonds. The Bertz CT molecular complexity index is 544. The van der Waals surface area contributed by atoms with Gasteiger partial charge in [0.05, 0.1) is 6.10 Å². The fourth-order valence-electron chi connectivity index (χ4n) is 1.81. The van der Waals surface area contributed by atoms with Gasteiger partial charge >= 0.3 is 18.0 Å². The van der Waals surface area contributed by atoms with Gasteiger partial charge in [-0.1, -0.05) is 12.1 Å². The SMILES string of the molecule is CC(C)(C)Oc1ccc(C(O)CC(F)(F)C(F)(F)C(F)(F)F)cc1. The molecule has 0 aliphatic carbocycles. The maximum atomic E-state index is 13.3. The molecule has 0 heterocycles. The minimum atomic E-state index is -6.42. The first-order valence-electron chi connectivity index (χ1n) is 6.86. The van der Waals surface area contributed by atoms with Crippen LogP contribution < -0.4 is 4.74 Å². The van der Waals surface area contributed by atoms with Crippen LogP contribution in [-0.2, 0) is 0 Å². The van der Waals surface area contributed by atoms with Crippen molar-refractivity contribution in [2.75, 3.05) is 0 Å². The Morgan fingerprint density at radius 2 is 1.38 bits per heavy atom. The van der Waals surface area contributed by atoms with Crippen molar-refractivity contribution in [2.45, 2.75) is 56.9 Å². The van der Waals surface area contributed by atoms with Crippen molar-refractivity contribution in [1.82, 2.24) is 0 Å². The number of rotatable bonds is 5. The lowest BCUT2D eigenvalue weighted by atomic mass is 9.98. The van der Waals surface area contributed by atoms with Crippen LogP contribution in [0.25, 0.3) is 0 Å². The molecule has 0 radical (unpaired) electrons. The summed E-state index contributed by atoms with van der Waals surface area (Å²) in [4.78, 5) is 0.